The number of hydrogen-bond donors (Lipinski definition) is 0. The number of carbonyl (C=O) groups excluding carboxylic acids is 1. The van der Waals surface area contributed by atoms with E-state index >= 15 is 0 Å². The van der Waals surface area contributed by atoms with Crippen LogP contribution >= 0.6 is 11.3 Å². The smallest absolute Gasteiger partial charge is 0.280 e. The van der Waals surface area contributed by atoms with E-state index in [-0.39, 0.29) is 21.3 Å². The topological polar surface area (TPSA) is 135 Å². The van der Waals surface area contributed by atoms with Crippen LogP contribution in [0.3, 0.4) is 0 Å². The van der Waals surface area contributed by atoms with Gasteiger partial charge in [0.25, 0.3) is 11.6 Å². The molecule has 1 aliphatic rings. The van der Waals surface area contributed by atoms with Crippen LogP contribution in [0, 0.1) is 16.0 Å². The lowest BCUT2D eigenvalue weighted by Gasteiger charge is -2.29. The van der Waals surface area contributed by atoms with Crippen LogP contribution in [-0.2, 0) is 10.0 Å². The Morgan fingerprint density at radius 3 is 2.44 bits per heavy atom. The molecule has 13 heteroatoms. The second-order valence-corrected chi connectivity index (χ2v) is 12.6. The van der Waals surface area contributed by atoms with E-state index < -0.39 is 20.9 Å². The highest BCUT2D eigenvalue weighted by atomic mass is 32.2. The Labute approximate surface area is 240 Å². The number of nitro groups is 1. The molecule has 0 radical (unpaired) electrons. The maximum absolute atomic E-state index is 13.7. The van der Waals surface area contributed by atoms with Gasteiger partial charge in [0.1, 0.15) is 5.75 Å². The molecule has 1 saturated heterocycles. The maximum Gasteiger partial charge on any atom is 0.280 e. The van der Waals surface area contributed by atoms with Crippen molar-refractivity contribution >= 4 is 54.5 Å². The lowest BCUT2D eigenvalue weighted by Crippen LogP contribution is -2.37. The molecule has 5 rings (SSSR count). The number of benzene rings is 3. The fraction of sp³-hybridized carbons (Fsp3) is 0.250. The molecule has 1 aliphatic heterocycles. The van der Waals surface area contributed by atoms with E-state index in [1.54, 1.807) is 25.3 Å². The van der Waals surface area contributed by atoms with Crippen molar-refractivity contribution in [3.63, 3.8) is 0 Å². The number of aromatic nitrogens is 1. The Morgan fingerprint density at radius 1 is 1.12 bits per heavy atom. The van der Waals surface area contributed by atoms with Gasteiger partial charge in [0.15, 0.2) is 0 Å². The van der Waals surface area contributed by atoms with Gasteiger partial charge < -0.3 is 4.74 Å². The molecule has 41 heavy (non-hydrogen) atoms. The minimum atomic E-state index is -3.67. The zero-order valence-corrected chi connectivity index (χ0v) is 24.0. The highest BCUT2D eigenvalue weighted by molar-refractivity contribution is 7.89. The lowest BCUT2D eigenvalue weighted by atomic mass is 10.0. The summed E-state index contributed by atoms with van der Waals surface area (Å²) in [5.41, 5.74) is 1.33. The van der Waals surface area contributed by atoms with Gasteiger partial charge in [-0.15, -0.1) is 0 Å². The van der Waals surface area contributed by atoms with Crippen LogP contribution in [0.5, 0.6) is 5.75 Å². The van der Waals surface area contributed by atoms with E-state index in [1.165, 1.54) is 70.4 Å². The molecule has 0 N–H and O–H groups in total. The van der Waals surface area contributed by atoms with Crippen molar-refractivity contribution in [1.82, 2.24) is 9.29 Å². The first kappa shape index (κ1) is 28.3. The number of piperidine rings is 1. The molecular weight excluding hydrogens is 566 g/mol. The number of carbonyl (C=O) groups is 1. The van der Waals surface area contributed by atoms with E-state index in [0.717, 1.165) is 22.6 Å². The Bertz CT molecular complexity index is 1710. The number of sulfonamides is 1. The molecule has 11 nitrogen and oxygen atoms in total. The molecule has 2 heterocycles. The fourth-order valence-electron chi connectivity index (χ4n) is 4.37. The first-order valence-electron chi connectivity index (χ1n) is 12.8. The first-order valence-corrected chi connectivity index (χ1v) is 15.1. The number of nitrogens with zero attached hydrogens (tertiary/aromatic N) is 5. The van der Waals surface area contributed by atoms with Crippen molar-refractivity contribution in [2.24, 2.45) is 11.0 Å². The zero-order chi connectivity index (χ0) is 29.1. The molecule has 3 aromatic carbocycles. The van der Waals surface area contributed by atoms with Crippen LogP contribution in [-0.4, -0.2) is 55.0 Å². The summed E-state index contributed by atoms with van der Waals surface area (Å²) in [6.07, 6.45) is 3.03. The summed E-state index contributed by atoms with van der Waals surface area (Å²) in [4.78, 5) is 28.9. The molecular formula is C28H27N5O6S2. The van der Waals surface area contributed by atoms with Gasteiger partial charge in [0, 0.05) is 30.8 Å². The number of non-ortho nitro benzene ring substituents is 1. The highest BCUT2D eigenvalue weighted by Crippen LogP contribution is 2.33. The summed E-state index contributed by atoms with van der Waals surface area (Å²) in [6.45, 7) is 3.05. The molecule has 0 unspecified atom stereocenters. The van der Waals surface area contributed by atoms with Crippen LogP contribution in [0.2, 0.25) is 0 Å². The van der Waals surface area contributed by atoms with Gasteiger partial charge in [-0.05, 0) is 78.9 Å². The number of methoxy groups -OCH3 is 1. The van der Waals surface area contributed by atoms with Crippen molar-refractivity contribution in [3.8, 4) is 5.75 Å². The molecule has 1 amide bonds. The summed E-state index contributed by atoms with van der Waals surface area (Å²) in [5, 5.41) is 16.8. The summed E-state index contributed by atoms with van der Waals surface area (Å²) >= 11 is 1.23. The second-order valence-electron chi connectivity index (χ2n) is 9.65. The number of fused-ring (bicyclic) bond motifs is 1. The normalized spacial score (nSPS) is 14.9. The van der Waals surface area contributed by atoms with Crippen LogP contribution < -0.4 is 9.75 Å². The van der Waals surface area contributed by atoms with E-state index in [2.05, 4.69) is 17.0 Å². The monoisotopic (exact) mass is 593 g/mol. The minimum absolute atomic E-state index is 0.0655. The van der Waals surface area contributed by atoms with E-state index in [9.17, 15) is 23.3 Å². The summed E-state index contributed by atoms with van der Waals surface area (Å²) in [5.74, 6) is 0.604. The second kappa shape index (κ2) is 11.7. The van der Waals surface area contributed by atoms with Gasteiger partial charge in [-0.1, -0.05) is 18.3 Å². The van der Waals surface area contributed by atoms with Crippen molar-refractivity contribution in [3.05, 3.63) is 88.0 Å². The number of anilines is 1. The number of rotatable bonds is 8. The molecule has 0 bridgehead atoms. The maximum atomic E-state index is 13.7. The molecule has 0 aliphatic carbocycles. The molecule has 1 aromatic heterocycles. The van der Waals surface area contributed by atoms with Crippen molar-refractivity contribution in [2.45, 2.75) is 24.7 Å². The fourth-order valence-corrected chi connectivity index (χ4v) is 6.79. The van der Waals surface area contributed by atoms with E-state index in [4.69, 9.17) is 4.74 Å². The Balaban J connectivity index is 1.46. The highest BCUT2D eigenvalue weighted by Gasteiger charge is 2.29. The van der Waals surface area contributed by atoms with Gasteiger partial charge in [-0.2, -0.15) is 14.4 Å². The van der Waals surface area contributed by atoms with Crippen LogP contribution in [0.25, 0.3) is 10.2 Å². The average Bonchev–Trinajstić information content (AvgIpc) is 3.40. The number of thiazole rings is 1. The molecule has 1 fully saturated rings. The third-order valence-corrected chi connectivity index (χ3v) is 9.77. The van der Waals surface area contributed by atoms with Crippen LogP contribution in [0.4, 0.5) is 10.8 Å². The zero-order valence-electron chi connectivity index (χ0n) is 22.3. The average molecular weight is 594 g/mol. The Kier molecular flexibility index (Phi) is 8.10. The molecule has 0 spiro atoms. The number of hydrogen-bond acceptors (Lipinski definition) is 9. The number of nitro benzene ring substituents is 1. The van der Waals surface area contributed by atoms with Crippen LogP contribution in [0.15, 0.2) is 76.7 Å². The summed E-state index contributed by atoms with van der Waals surface area (Å²) in [7, 11) is -2.11. The van der Waals surface area contributed by atoms with E-state index in [1.807, 2.05) is 0 Å². The van der Waals surface area contributed by atoms with Crippen LogP contribution in [0.1, 0.15) is 35.7 Å². The number of hydrazone groups is 1. The van der Waals surface area contributed by atoms with Crippen molar-refractivity contribution in [1.29, 1.82) is 0 Å². The molecule has 4 aromatic rings. The van der Waals surface area contributed by atoms with Gasteiger partial charge >= 0.3 is 0 Å². The van der Waals surface area contributed by atoms with Crippen molar-refractivity contribution in [2.75, 3.05) is 25.2 Å². The first-order chi connectivity index (χ1) is 19.7. The Morgan fingerprint density at radius 2 is 1.80 bits per heavy atom. The quantitative estimate of drug-likeness (QED) is 0.153. The van der Waals surface area contributed by atoms with Gasteiger partial charge in [0.05, 0.1) is 33.4 Å². The van der Waals surface area contributed by atoms with E-state index in [0.29, 0.717) is 35.8 Å². The third kappa shape index (κ3) is 6.11. The summed E-state index contributed by atoms with van der Waals surface area (Å²) < 4.78 is 33.9. The SMILES string of the molecule is COc1ccc2nc(N(/N=C/c3ccc([N+](=O)[O-])cc3)C(=O)c3ccc(S(=O)(=O)N4CCC(C)CC4)cc3)sc2c1. The Hall–Kier alpha value is -4.20. The predicted molar refractivity (Wildman–Crippen MR) is 157 cm³/mol. The minimum Gasteiger partial charge on any atom is -0.497 e. The molecule has 0 saturated carbocycles. The number of amides is 1. The van der Waals surface area contributed by atoms with Gasteiger partial charge in [-0.25, -0.2) is 13.4 Å². The summed E-state index contributed by atoms with van der Waals surface area (Å²) in [6, 6.07) is 16.9. The molecule has 0 atom stereocenters. The van der Waals surface area contributed by atoms with Crippen molar-refractivity contribution < 1.29 is 22.9 Å². The largest absolute Gasteiger partial charge is 0.497 e. The number of ether oxygens (including phenoxy) is 1. The molecule has 212 valence electrons. The lowest BCUT2D eigenvalue weighted by molar-refractivity contribution is -0.384. The standard InChI is InChI=1S/C28H27N5O6S2/c1-19-13-15-31(16-14-19)41(37,38)24-10-5-21(6-11-24)27(34)32(29-18-20-3-7-22(8-4-20)33(35)36)28-30-25-12-9-23(39-2)17-26(25)40-28/h3-12,17-19H,13-16H2,1-2H3/b29-18+. The predicted octanol–water partition coefficient (Wildman–Crippen LogP) is 5.31. The van der Waals surface area contributed by atoms with Gasteiger partial charge in [0.2, 0.25) is 15.2 Å². The van der Waals surface area contributed by atoms with Gasteiger partial charge in [-0.3, -0.25) is 14.9 Å². The third-order valence-electron chi connectivity index (χ3n) is 6.87.